The Morgan fingerprint density at radius 3 is 2.29 bits per heavy atom. The molecule has 0 heterocycles. The van der Waals surface area contributed by atoms with Gasteiger partial charge in [-0.3, -0.25) is 0 Å². The van der Waals surface area contributed by atoms with Crippen LogP contribution >= 0.6 is 15.9 Å². The van der Waals surface area contributed by atoms with Gasteiger partial charge in [0.25, 0.3) is 0 Å². The molecular formula is C16H17BrO4. The summed E-state index contributed by atoms with van der Waals surface area (Å²) in [5, 5.41) is 9.20. The number of rotatable bonds is 6. The standard InChI is InChI=1S/C16H17BrO4/c1-19-15-7-13(17)5-3-12(15)10-21-14-6-4-11(9-18)16(8-14)20-2/h3-8,18H,9-10H2,1-2H3. The fraction of sp³-hybridized carbons (Fsp3) is 0.250. The quantitative estimate of drug-likeness (QED) is 0.863. The van der Waals surface area contributed by atoms with Crippen molar-refractivity contribution in [3.05, 3.63) is 52.0 Å². The van der Waals surface area contributed by atoms with Crippen molar-refractivity contribution in [2.75, 3.05) is 14.2 Å². The highest BCUT2D eigenvalue weighted by Crippen LogP contribution is 2.28. The Bertz CT molecular complexity index is 613. The van der Waals surface area contributed by atoms with Crippen molar-refractivity contribution in [2.45, 2.75) is 13.2 Å². The third kappa shape index (κ3) is 3.89. The zero-order valence-electron chi connectivity index (χ0n) is 11.9. The molecule has 0 aliphatic heterocycles. The van der Waals surface area contributed by atoms with Gasteiger partial charge in [0, 0.05) is 21.7 Å². The van der Waals surface area contributed by atoms with Gasteiger partial charge in [-0.15, -0.1) is 0 Å². The Labute approximate surface area is 132 Å². The van der Waals surface area contributed by atoms with Gasteiger partial charge in [-0.05, 0) is 24.3 Å². The first-order valence-corrected chi connectivity index (χ1v) is 7.20. The van der Waals surface area contributed by atoms with E-state index in [9.17, 15) is 5.11 Å². The average Bonchev–Trinajstić information content (AvgIpc) is 2.53. The number of halogens is 1. The fourth-order valence-electron chi connectivity index (χ4n) is 1.94. The highest BCUT2D eigenvalue weighted by molar-refractivity contribution is 9.10. The number of methoxy groups -OCH3 is 2. The van der Waals surface area contributed by atoms with Gasteiger partial charge in [0.2, 0.25) is 0 Å². The molecule has 21 heavy (non-hydrogen) atoms. The van der Waals surface area contributed by atoms with Crippen LogP contribution in [0.1, 0.15) is 11.1 Å². The molecular weight excluding hydrogens is 336 g/mol. The lowest BCUT2D eigenvalue weighted by atomic mass is 10.2. The summed E-state index contributed by atoms with van der Waals surface area (Å²) in [7, 11) is 3.19. The monoisotopic (exact) mass is 352 g/mol. The van der Waals surface area contributed by atoms with Gasteiger partial charge in [0.05, 0.1) is 20.8 Å². The van der Waals surface area contributed by atoms with Crippen LogP contribution in [0.2, 0.25) is 0 Å². The number of hydrogen-bond donors (Lipinski definition) is 1. The van der Waals surface area contributed by atoms with Crippen LogP contribution in [0.3, 0.4) is 0 Å². The van der Waals surface area contributed by atoms with Crippen LogP contribution in [0.4, 0.5) is 0 Å². The molecule has 0 spiro atoms. The Kier molecular flexibility index (Phi) is 5.47. The second-order valence-corrected chi connectivity index (χ2v) is 5.29. The molecule has 2 aromatic carbocycles. The van der Waals surface area contributed by atoms with E-state index in [-0.39, 0.29) is 6.61 Å². The SMILES string of the molecule is COc1cc(OCc2ccc(Br)cc2OC)ccc1CO. The van der Waals surface area contributed by atoms with Crippen molar-refractivity contribution in [1.82, 2.24) is 0 Å². The molecule has 0 bridgehead atoms. The molecule has 0 aliphatic carbocycles. The second-order valence-electron chi connectivity index (χ2n) is 4.38. The fourth-order valence-corrected chi connectivity index (χ4v) is 2.28. The molecule has 2 aromatic rings. The van der Waals surface area contributed by atoms with Crippen molar-refractivity contribution in [2.24, 2.45) is 0 Å². The topological polar surface area (TPSA) is 47.9 Å². The number of ether oxygens (including phenoxy) is 3. The van der Waals surface area contributed by atoms with Crippen molar-refractivity contribution in [3.63, 3.8) is 0 Å². The van der Waals surface area contributed by atoms with Crippen LogP contribution in [-0.4, -0.2) is 19.3 Å². The summed E-state index contributed by atoms with van der Waals surface area (Å²) in [5.74, 6) is 2.05. The summed E-state index contributed by atoms with van der Waals surface area (Å²) >= 11 is 3.41. The third-order valence-electron chi connectivity index (χ3n) is 3.07. The summed E-state index contributed by atoms with van der Waals surface area (Å²) in [6.45, 7) is 0.321. The zero-order chi connectivity index (χ0) is 15.2. The van der Waals surface area contributed by atoms with E-state index in [0.29, 0.717) is 18.1 Å². The van der Waals surface area contributed by atoms with Crippen molar-refractivity contribution < 1.29 is 19.3 Å². The molecule has 0 aliphatic rings. The van der Waals surface area contributed by atoms with Crippen LogP contribution < -0.4 is 14.2 Å². The molecule has 112 valence electrons. The van der Waals surface area contributed by atoms with Crippen LogP contribution in [0.25, 0.3) is 0 Å². The minimum Gasteiger partial charge on any atom is -0.496 e. The van der Waals surface area contributed by atoms with Crippen LogP contribution in [0.15, 0.2) is 40.9 Å². The van der Waals surface area contributed by atoms with E-state index in [0.717, 1.165) is 21.3 Å². The minimum absolute atomic E-state index is 0.0655. The van der Waals surface area contributed by atoms with Crippen LogP contribution in [-0.2, 0) is 13.2 Å². The molecule has 5 heteroatoms. The Balaban J connectivity index is 2.13. The summed E-state index contributed by atoms with van der Waals surface area (Å²) in [6, 6.07) is 11.1. The Morgan fingerprint density at radius 2 is 1.62 bits per heavy atom. The maximum atomic E-state index is 9.20. The van der Waals surface area contributed by atoms with Gasteiger partial charge in [-0.2, -0.15) is 0 Å². The smallest absolute Gasteiger partial charge is 0.128 e. The van der Waals surface area contributed by atoms with Crippen molar-refractivity contribution in [1.29, 1.82) is 0 Å². The molecule has 0 fully saturated rings. The predicted octanol–water partition coefficient (Wildman–Crippen LogP) is 3.54. The lowest BCUT2D eigenvalue weighted by Gasteiger charge is -2.12. The maximum Gasteiger partial charge on any atom is 0.128 e. The molecule has 0 unspecified atom stereocenters. The van der Waals surface area contributed by atoms with E-state index >= 15 is 0 Å². The highest BCUT2D eigenvalue weighted by Gasteiger charge is 2.07. The molecule has 4 nitrogen and oxygen atoms in total. The summed E-state index contributed by atoms with van der Waals surface area (Å²) < 4.78 is 17.3. The summed E-state index contributed by atoms with van der Waals surface area (Å²) in [4.78, 5) is 0. The second kappa shape index (κ2) is 7.33. The van der Waals surface area contributed by atoms with Gasteiger partial charge < -0.3 is 19.3 Å². The van der Waals surface area contributed by atoms with Gasteiger partial charge in [-0.1, -0.05) is 22.0 Å². The normalized spacial score (nSPS) is 10.3. The van der Waals surface area contributed by atoms with E-state index in [4.69, 9.17) is 14.2 Å². The van der Waals surface area contributed by atoms with Gasteiger partial charge >= 0.3 is 0 Å². The van der Waals surface area contributed by atoms with Gasteiger partial charge in [-0.25, -0.2) is 0 Å². The minimum atomic E-state index is -0.0655. The molecule has 0 radical (unpaired) electrons. The number of benzene rings is 2. The summed E-state index contributed by atoms with van der Waals surface area (Å²) in [5.41, 5.74) is 1.68. The van der Waals surface area contributed by atoms with Gasteiger partial charge in [0.15, 0.2) is 0 Å². The lowest BCUT2D eigenvalue weighted by Crippen LogP contribution is -2.00. The highest BCUT2D eigenvalue weighted by atomic mass is 79.9. The Hall–Kier alpha value is -1.72. The molecule has 0 atom stereocenters. The lowest BCUT2D eigenvalue weighted by molar-refractivity contribution is 0.271. The Morgan fingerprint density at radius 1 is 0.952 bits per heavy atom. The molecule has 0 saturated heterocycles. The first-order chi connectivity index (χ1) is 10.2. The van der Waals surface area contributed by atoms with E-state index in [2.05, 4.69) is 15.9 Å². The predicted molar refractivity (Wildman–Crippen MR) is 83.9 cm³/mol. The van der Waals surface area contributed by atoms with Crippen molar-refractivity contribution >= 4 is 15.9 Å². The third-order valence-corrected chi connectivity index (χ3v) is 3.57. The molecule has 0 saturated carbocycles. The number of aliphatic hydroxyl groups excluding tert-OH is 1. The number of aliphatic hydroxyl groups is 1. The van der Waals surface area contributed by atoms with E-state index in [1.165, 1.54) is 0 Å². The molecule has 1 N–H and O–H groups in total. The molecule has 0 amide bonds. The maximum absolute atomic E-state index is 9.20. The van der Waals surface area contributed by atoms with E-state index < -0.39 is 0 Å². The molecule has 2 rings (SSSR count). The summed E-state index contributed by atoms with van der Waals surface area (Å²) in [6.07, 6.45) is 0. The largest absolute Gasteiger partial charge is 0.496 e. The van der Waals surface area contributed by atoms with Crippen molar-refractivity contribution in [3.8, 4) is 17.2 Å². The van der Waals surface area contributed by atoms with E-state index in [1.54, 1.807) is 32.4 Å². The van der Waals surface area contributed by atoms with Crippen LogP contribution in [0.5, 0.6) is 17.2 Å². The van der Waals surface area contributed by atoms with E-state index in [1.807, 2.05) is 18.2 Å². The van der Waals surface area contributed by atoms with Crippen LogP contribution in [0, 0.1) is 0 Å². The number of hydrogen-bond acceptors (Lipinski definition) is 4. The first kappa shape index (κ1) is 15.7. The zero-order valence-corrected chi connectivity index (χ0v) is 13.5. The first-order valence-electron chi connectivity index (χ1n) is 6.41. The average molecular weight is 353 g/mol. The van der Waals surface area contributed by atoms with Gasteiger partial charge in [0.1, 0.15) is 23.9 Å². The molecule has 0 aromatic heterocycles.